The molecule has 1 aromatic heterocycles. The summed E-state index contributed by atoms with van der Waals surface area (Å²) in [4.78, 5) is 5.19. The van der Waals surface area contributed by atoms with E-state index in [2.05, 4.69) is 35.5 Å². The molecule has 1 atom stereocenters. The Morgan fingerprint density at radius 2 is 2.31 bits per heavy atom. The number of H-pyrrole nitrogens is 1. The minimum absolute atomic E-state index is 0.473. The molecule has 1 rings (SSSR count). The van der Waals surface area contributed by atoms with Gasteiger partial charge in [-0.05, 0) is 46.2 Å². The highest BCUT2D eigenvalue weighted by Crippen LogP contribution is 2.10. The first-order valence-electron chi connectivity index (χ1n) is 4.51. The Labute approximate surface area is 84.4 Å². The van der Waals surface area contributed by atoms with E-state index in [4.69, 9.17) is 12.2 Å². The Morgan fingerprint density at radius 3 is 2.77 bits per heavy atom. The largest absolute Gasteiger partial charge is 0.337 e. The van der Waals surface area contributed by atoms with Gasteiger partial charge in [0, 0.05) is 18.4 Å². The van der Waals surface area contributed by atoms with Gasteiger partial charge in [-0.2, -0.15) is 0 Å². The summed E-state index contributed by atoms with van der Waals surface area (Å²) in [6.45, 7) is 3.28. The van der Waals surface area contributed by atoms with Gasteiger partial charge in [0.1, 0.15) is 0 Å². The summed E-state index contributed by atoms with van der Waals surface area (Å²) < 4.78 is 2.91. The Morgan fingerprint density at radius 1 is 1.62 bits per heavy atom. The highest BCUT2D eigenvalue weighted by Gasteiger charge is 2.04. The van der Waals surface area contributed by atoms with Crippen molar-refractivity contribution in [3.05, 3.63) is 17.2 Å². The number of imidazole rings is 1. The molecule has 0 amide bonds. The van der Waals surface area contributed by atoms with Gasteiger partial charge in [0.2, 0.25) is 0 Å². The summed E-state index contributed by atoms with van der Waals surface area (Å²) in [6, 6.07) is 0.473. The molecule has 0 bridgehead atoms. The van der Waals surface area contributed by atoms with E-state index >= 15 is 0 Å². The van der Waals surface area contributed by atoms with Gasteiger partial charge < -0.3 is 14.5 Å². The van der Waals surface area contributed by atoms with E-state index in [1.807, 2.05) is 12.4 Å². The second-order valence-electron chi connectivity index (χ2n) is 3.61. The predicted molar refractivity (Wildman–Crippen MR) is 57.5 cm³/mol. The zero-order valence-electron chi connectivity index (χ0n) is 8.45. The lowest BCUT2D eigenvalue weighted by Gasteiger charge is -2.16. The molecule has 0 aliphatic carbocycles. The number of hydrogen-bond acceptors (Lipinski definition) is 2. The molecule has 1 aromatic rings. The van der Waals surface area contributed by atoms with Gasteiger partial charge >= 0.3 is 0 Å². The molecule has 0 spiro atoms. The fraction of sp³-hybridized carbons (Fsp3) is 0.667. The maximum Gasteiger partial charge on any atom is 0.177 e. The third kappa shape index (κ3) is 2.97. The number of hydrogen-bond donors (Lipinski definition) is 1. The number of rotatable bonds is 4. The molecule has 0 aliphatic rings. The SMILES string of the molecule is CC(CCN(C)C)n1cc[nH]c1=S. The molecule has 0 saturated heterocycles. The molecule has 74 valence electrons. The van der Waals surface area contributed by atoms with Crippen LogP contribution in [-0.4, -0.2) is 35.1 Å². The molecule has 13 heavy (non-hydrogen) atoms. The van der Waals surface area contributed by atoms with Gasteiger partial charge in [-0.3, -0.25) is 0 Å². The third-order valence-electron chi connectivity index (χ3n) is 2.15. The van der Waals surface area contributed by atoms with Crippen LogP contribution in [0.2, 0.25) is 0 Å². The molecule has 1 N–H and O–H groups in total. The molecule has 0 radical (unpaired) electrons. The normalized spacial score (nSPS) is 13.5. The summed E-state index contributed by atoms with van der Waals surface area (Å²) in [5.41, 5.74) is 0. The fourth-order valence-electron chi connectivity index (χ4n) is 1.26. The molecule has 1 unspecified atom stereocenters. The second-order valence-corrected chi connectivity index (χ2v) is 4.00. The van der Waals surface area contributed by atoms with Crippen molar-refractivity contribution in [2.45, 2.75) is 19.4 Å². The number of aromatic amines is 1. The van der Waals surface area contributed by atoms with Gasteiger partial charge in [-0.15, -0.1) is 0 Å². The fourth-order valence-corrected chi connectivity index (χ4v) is 1.57. The van der Waals surface area contributed by atoms with E-state index in [1.54, 1.807) is 0 Å². The van der Waals surface area contributed by atoms with Crippen LogP contribution < -0.4 is 0 Å². The van der Waals surface area contributed by atoms with E-state index < -0.39 is 0 Å². The van der Waals surface area contributed by atoms with E-state index in [0.717, 1.165) is 17.7 Å². The Bertz CT molecular complexity index is 300. The van der Waals surface area contributed by atoms with Gasteiger partial charge in [-0.1, -0.05) is 0 Å². The van der Waals surface area contributed by atoms with Crippen LogP contribution in [-0.2, 0) is 0 Å². The van der Waals surface area contributed by atoms with Crippen molar-refractivity contribution in [2.24, 2.45) is 0 Å². The van der Waals surface area contributed by atoms with Crippen LogP contribution in [0.3, 0.4) is 0 Å². The molecule has 0 aromatic carbocycles. The first-order chi connectivity index (χ1) is 6.11. The van der Waals surface area contributed by atoms with Crippen molar-refractivity contribution in [1.82, 2.24) is 14.5 Å². The van der Waals surface area contributed by atoms with E-state index in [1.165, 1.54) is 0 Å². The smallest absolute Gasteiger partial charge is 0.177 e. The first kappa shape index (κ1) is 10.5. The van der Waals surface area contributed by atoms with Gasteiger partial charge in [-0.25, -0.2) is 0 Å². The lowest BCUT2D eigenvalue weighted by molar-refractivity contribution is 0.356. The summed E-state index contributed by atoms with van der Waals surface area (Å²) in [6.07, 6.45) is 5.01. The third-order valence-corrected chi connectivity index (χ3v) is 2.47. The van der Waals surface area contributed by atoms with Crippen molar-refractivity contribution in [1.29, 1.82) is 0 Å². The lowest BCUT2D eigenvalue weighted by atomic mass is 10.2. The molecule has 1 heterocycles. The summed E-state index contributed by atoms with van der Waals surface area (Å²) in [5, 5.41) is 0. The molecular formula is C9H17N3S. The lowest BCUT2D eigenvalue weighted by Crippen LogP contribution is -2.17. The Kier molecular flexibility index (Phi) is 3.69. The average molecular weight is 199 g/mol. The van der Waals surface area contributed by atoms with Crippen molar-refractivity contribution >= 4 is 12.2 Å². The van der Waals surface area contributed by atoms with E-state index in [0.29, 0.717) is 6.04 Å². The van der Waals surface area contributed by atoms with Gasteiger partial charge in [0.05, 0.1) is 0 Å². The monoisotopic (exact) mass is 199 g/mol. The standard InChI is InChI=1S/C9H17N3S/c1-8(4-6-11(2)3)12-7-5-10-9(12)13/h5,7-8H,4,6H2,1-3H3,(H,10,13). The maximum absolute atomic E-state index is 5.14. The van der Waals surface area contributed by atoms with Crippen molar-refractivity contribution < 1.29 is 0 Å². The van der Waals surface area contributed by atoms with Gasteiger partial charge in [0.25, 0.3) is 0 Å². The van der Waals surface area contributed by atoms with E-state index in [-0.39, 0.29) is 0 Å². The summed E-state index contributed by atoms with van der Waals surface area (Å²) in [7, 11) is 4.17. The van der Waals surface area contributed by atoms with Gasteiger partial charge in [0.15, 0.2) is 4.77 Å². The minimum Gasteiger partial charge on any atom is -0.337 e. The highest BCUT2D eigenvalue weighted by molar-refractivity contribution is 7.71. The Hall–Kier alpha value is -0.610. The number of aromatic nitrogens is 2. The zero-order valence-corrected chi connectivity index (χ0v) is 9.27. The van der Waals surface area contributed by atoms with Crippen molar-refractivity contribution in [3.8, 4) is 0 Å². The summed E-state index contributed by atoms with van der Waals surface area (Å²) >= 11 is 5.14. The maximum atomic E-state index is 5.14. The first-order valence-corrected chi connectivity index (χ1v) is 4.92. The Balaban J connectivity index is 2.54. The zero-order chi connectivity index (χ0) is 9.84. The van der Waals surface area contributed by atoms with Crippen LogP contribution in [0.25, 0.3) is 0 Å². The number of nitrogens with zero attached hydrogens (tertiary/aromatic N) is 2. The molecule has 0 aliphatic heterocycles. The molecule has 0 fully saturated rings. The van der Waals surface area contributed by atoms with Crippen LogP contribution >= 0.6 is 12.2 Å². The van der Waals surface area contributed by atoms with Crippen molar-refractivity contribution in [2.75, 3.05) is 20.6 Å². The second kappa shape index (κ2) is 4.58. The van der Waals surface area contributed by atoms with Crippen LogP contribution in [0.1, 0.15) is 19.4 Å². The quantitative estimate of drug-likeness (QED) is 0.750. The van der Waals surface area contributed by atoms with Crippen LogP contribution in [0.4, 0.5) is 0 Å². The van der Waals surface area contributed by atoms with Crippen molar-refractivity contribution in [3.63, 3.8) is 0 Å². The van der Waals surface area contributed by atoms with E-state index in [9.17, 15) is 0 Å². The molecular weight excluding hydrogens is 182 g/mol. The number of nitrogens with one attached hydrogen (secondary N) is 1. The predicted octanol–water partition coefficient (Wildman–Crippen LogP) is 2.06. The molecule has 3 nitrogen and oxygen atoms in total. The minimum atomic E-state index is 0.473. The summed E-state index contributed by atoms with van der Waals surface area (Å²) in [5.74, 6) is 0. The highest BCUT2D eigenvalue weighted by atomic mass is 32.1. The van der Waals surface area contributed by atoms with Crippen LogP contribution in [0, 0.1) is 4.77 Å². The average Bonchev–Trinajstić information content (AvgIpc) is 2.47. The molecule has 0 saturated carbocycles. The van der Waals surface area contributed by atoms with Crippen LogP contribution in [0.5, 0.6) is 0 Å². The topological polar surface area (TPSA) is 24.0 Å². The van der Waals surface area contributed by atoms with Crippen LogP contribution in [0.15, 0.2) is 12.4 Å². The molecule has 4 heteroatoms.